The van der Waals surface area contributed by atoms with Gasteiger partial charge in [0.1, 0.15) is 11.4 Å². The molecule has 5 aliphatic heterocycles. The molecule has 2 aromatic carbocycles. The van der Waals surface area contributed by atoms with E-state index in [-0.39, 0.29) is 23.6 Å². The first-order chi connectivity index (χ1) is 20.8. The van der Waals surface area contributed by atoms with Gasteiger partial charge >= 0.3 is 0 Å². The van der Waals surface area contributed by atoms with Crippen LogP contribution in [0.25, 0.3) is 33.0 Å². The molecule has 0 aliphatic carbocycles. The number of rotatable bonds is 0. The summed E-state index contributed by atoms with van der Waals surface area (Å²) in [7, 11) is 3.07. The lowest BCUT2D eigenvalue weighted by Crippen LogP contribution is -2.48. The van der Waals surface area contributed by atoms with Crippen molar-refractivity contribution in [2.75, 3.05) is 40.3 Å². The van der Waals surface area contributed by atoms with E-state index in [0.29, 0.717) is 68.0 Å². The highest BCUT2D eigenvalue weighted by Crippen LogP contribution is 2.41. The van der Waals surface area contributed by atoms with Crippen LogP contribution in [0.3, 0.4) is 0 Å². The number of amides is 4. The van der Waals surface area contributed by atoms with Crippen molar-refractivity contribution in [3.63, 3.8) is 0 Å². The van der Waals surface area contributed by atoms with Crippen LogP contribution >= 0.6 is 0 Å². The number of carbonyl (C=O) groups is 4. The average molecular weight is 575 g/mol. The second-order valence-corrected chi connectivity index (χ2v) is 11.7. The molecule has 9 rings (SSSR count). The van der Waals surface area contributed by atoms with Crippen LogP contribution in [-0.4, -0.2) is 93.5 Å². The molecule has 10 heteroatoms. The van der Waals surface area contributed by atoms with E-state index in [9.17, 15) is 19.2 Å². The Morgan fingerprint density at radius 1 is 0.558 bits per heavy atom. The van der Waals surface area contributed by atoms with Crippen LogP contribution in [0.1, 0.15) is 28.9 Å². The third-order valence-electron chi connectivity index (χ3n) is 9.36. The molecule has 4 aromatic rings. The molecule has 2 N–H and O–H groups in total. The van der Waals surface area contributed by atoms with Crippen molar-refractivity contribution < 1.29 is 19.2 Å². The fourth-order valence-electron chi connectivity index (χ4n) is 7.23. The van der Waals surface area contributed by atoms with E-state index < -0.39 is 0 Å². The van der Waals surface area contributed by atoms with Gasteiger partial charge in [0.15, 0.2) is 0 Å². The Kier molecular flexibility index (Phi) is 5.47. The topological polar surface area (TPSA) is 113 Å². The van der Waals surface area contributed by atoms with Gasteiger partial charge in [0.25, 0.3) is 23.6 Å². The molecule has 4 amide bonds. The molecule has 5 aliphatic rings. The Morgan fingerprint density at radius 2 is 0.953 bits per heavy atom. The third-order valence-corrected chi connectivity index (χ3v) is 9.36. The normalized spacial score (nSPS) is 19.5. The van der Waals surface area contributed by atoms with Gasteiger partial charge in [-0.15, -0.1) is 0 Å². The molecule has 1 fully saturated rings. The molecule has 10 nitrogen and oxygen atoms in total. The first-order valence-corrected chi connectivity index (χ1v) is 14.7. The van der Waals surface area contributed by atoms with Crippen molar-refractivity contribution >= 4 is 56.6 Å². The Hall–Kier alpha value is -5.12. The number of fused-ring (bicyclic) bond motifs is 6. The number of para-hydroxylation sites is 2. The van der Waals surface area contributed by atoms with Gasteiger partial charge in [-0.2, -0.15) is 0 Å². The standard InChI is InChI=1S/C33H30N6O4/c1-36-30(40)26-24-18-8-3-5-10-20(18)34-22(24)12-7-13-23-25(19-9-4-6-11-21(19)35-23)27-29(33(43)37(2)31(27)41)39-16-14-38(15-17-39)28(26)32(36)42/h3-6,8-11,34-35H,7,12-17H2,1-2H3. The van der Waals surface area contributed by atoms with Crippen LogP contribution in [0.15, 0.2) is 59.9 Å². The van der Waals surface area contributed by atoms with Crippen LogP contribution in [0, 0.1) is 0 Å². The summed E-state index contributed by atoms with van der Waals surface area (Å²) in [6, 6.07) is 15.8. The van der Waals surface area contributed by atoms with E-state index in [1.54, 1.807) is 0 Å². The van der Waals surface area contributed by atoms with Gasteiger partial charge in [-0.3, -0.25) is 29.0 Å². The fourth-order valence-corrected chi connectivity index (χ4v) is 7.23. The number of nitrogens with zero attached hydrogens (tertiary/aromatic N) is 4. The highest BCUT2D eigenvalue weighted by Gasteiger charge is 2.45. The number of imide groups is 2. The minimum Gasteiger partial charge on any atom is -0.363 e. The van der Waals surface area contributed by atoms with Crippen LogP contribution in [0.5, 0.6) is 0 Å². The number of likely N-dealkylation sites (N-methyl/N-ethyl adjacent to an activating group) is 2. The van der Waals surface area contributed by atoms with Crippen molar-refractivity contribution in [3.8, 4) is 0 Å². The summed E-state index contributed by atoms with van der Waals surface area (Å²) in [5.74, 6) is -1.25. The van der Waals surface area contributed by atoms with Crippen molar-refractivity contribution in [1.29, 1.82) is 0 Å². The lowest BCUT2D eigenvalue weighted by atomic mass is 9.96. The SMILES string of the molecule is CN1C(=O)C2=C(C1=O)N1CCN(CC1)C1=C(C(=O)N(C)C1=O)c1c([nH]c3ccccc13)CCCc1[nH]c3ccccc3c12. The molecule has 0 radical (unpaired) electrons. The van der Waals surface area contributed by atoms with Crippen LogP contribution in [-0.2, 0) is 32.0 Å². The number of aryl methyl sites for hydroxylation is 2. The monoisotopic (exact) mass is 574 g/mol. The number of hydrogen-bond acceptors (Lipinski definition) is 6. The molecule has 0 unspecified atom stereocenters. The zero-order valence-electron chi connectivity index (χ0n) is 24.0. The Bertz CT molecular complexity index is 1840. The maximum absolute atomic E-state index is 13.7. The van der Waals surface area contributed by atoms with E-state index in [4.69, 9.17) is 0 Å². The summed E-state index contributed by atoms with van der Waals surface area (Å²) in [6.45, 7) is 1.69. The number of benzene rings is 2. The molecule has 0 spiro atoms. The predicted molar refractivity (Wildman–Crippen MR) is 161 cm³/mol. The molecule has 7 heterocycles. The molecule has 43 heavy (non-hydrogen) atoms. The maximum Gasteiger partial charge on any atom is 0.277 e. The molecule has 2 bridgehead atoms. The molecule has 2 aromatic heterocycles. The Balaban J connectivity index is 1.36. The van der Waals surface area contributed by atoms with Gasteiger partial charge in [0, 0.05) is 84.6 Å². The minimum atomic E-state index is -0.317. The van der Waals surface area contributed by atoms with Gasteiger partial charge in [-0.1, -0.05) is 36.4 Å². The number of hydrogen-bond donors (Lipinski definition) is 2. The Labute approximate surface area is 247 Å². The highest BCUT2D eigenvalue weighted by atomic mass is 16.2. The maximum atomic E-state index is 13.7. The van der Waals surface area contributed by atoms with Gasteiger partial charge in [0.2, 0.25) is 0 Å². The molecule has 0 saturated carbocycles. The van der Waals surface area contributed by atoms with E-state index in [2.05, 4.69) is 9.97 Å². The number of aromatic nitrogens is 2. The molecular formula is C33H30N6O4. The second kappa shape index (κ2) is 9.19. The zero-order chi connectivity index (χ0) is 29.6. The smallest absolute Gasteiger partial charge is 0.277 e. The first-order valence-electron chi connectivity index (χ1n) is 14.7. The molecule has 216 valence electrons. The summed E-state index contributed by atoms with van der Waals surface area (Å²) in [6.07, 6.45) is 1.94. The minimum absolute atomic E-state index is 0.307. The summed E-state index contributed by atoms with van der Waals surface area (Å²) in [5.41, 5.74) is 6.89. The van der Waals surface area contributed by atoms with Crippen LogP contribution in [0.2, 0.25) is 0 Å². The largest absolute Gasteiger partial charge is 0.363 e. The van der Waals surface area contributed by atoms with E-state index in [1.807, 2.05) is 58.3 Å². The predicted octanol–water partition coefficient (Wildman–Crippen LogP) is 2.88. The highest BCUT2D eigenvalue weighted by molar-refractivity contribution is 6.38. The van der Waals surface area contributed by atoms with Crippen molar-refractivity contribution in [2.45, 2.75) is 19.3 Å². The number of nitrogens with one attached hydrogen (secondary N) is 2. The molecule has 1 saturated heterocycles. The van der Waals surface area contributed by atoms with Crippen molar-refractivity contribution in [3.05, 3.63) is 82.4 Å². The summed E-state index contributed by atoms with van der Waals surface area (Å²) in [5, 5.41) is 1.83. The van der Waals surface area contributed by atoms with Crippen molar-refractivity contribution in [1.82, 2.24) is 29.6 Å². The molecular weight excluding hydrogens is 544 g/mol. The number of carbonyl (C=O) groups excluding carboxylic acids is 4. The second-order valence-electron chi connectivity index (χ2n) is 11.7. The van der Waals surface area contributed by atoms with Crippen LogP contribution < -0.4 is 0 Å². The summed E-state index contributed by atoms with van der Waals surface area (Å²) < 4.78 is 0. The van der Waals surface area contributed by atoms with Gasteiger partial charge in [-0.05, 0) is 31.4 Å². The number of aromatic amines is 2. The van der Waals surface area contributed by atoms with E-state index >= 15 is 0 Å². The summed E-state index contributed by atoms with van der Waals surface area (Å²) in [4.78, 5) is 68.2. The first kappa shape index (κ1) is 25.6. The summed E-state index contributed by atoms with van der Waals surface area (Å²) >= 11 is 0. The lowest BCUT2D eigenvalue weighted by molar-refractivity contribution is -0.138. The zero-order valence-corrected chi connectivity index (χ0v) is 24.0. The van der Waals surface area contributed by atoms with Gasteiger partial charge in [0.05, 0.1) is 11.1 Å². The third kappa shape index (κ3) is 3.52. The average Bonchev–Trinajstić information content (AvgIpc) is 3.69. The van der Waals surface area contributed by atoms with Crippen molar-refractivity contribution in [2.24, 2.45) is 0 Å². The molecule has 0 atom stereocenters. The number of H-pyrrole nitrogens is 2. The van der Waals surface area contributed by atoms with Gasteiger partial charge < -0.3 is 19.8 Å². The van der Waals surface area contributed by atoms with E-state index in [1.165, 1.54) is 23.9 Å². The van der Waals surface area contributed by atoms with E-state index in [0.717, 1.165) is 44.3 Å². The Morgan fingerprint density at radius 3 is 1.37 bits per heavy atom. The van der Waals surface area contributed by atoms with Crippen LogP contribution in [0.4, 0.5) is 0 Å². The fraction of sp³-hybridized carbons (Fsp3) is 0.273. The lowest BCUT2D eigenvalue weighted by Gasteiger charge is -2.38. The quantitative estimate of drug-likeness (QED) is 0.313. The number of piperazine rings is 1. The van der Waals surface area contributed by atoms with Gasteiger partial charge in [-0.25, -0.2) is 0 Å².